The number of aromatic nitrogens is 3. The second kappa shape index (κ2) is 8.22. The van der Waals surface area contributed by atoms with Gasteiger partial charge in [-0.3, -0.25) is 9.69 Å². The fourth-order valence-corrected chi connectivity index (χ4v) is 3.18. The topological polar surface area (TPSA) is 90.3 Å². The predicted molar refractivity (Wildman–Crippen MR) is 100 cm³/mol. The third-order valence-corrected chi connectivity index (χ3v) is 4.68. The van der Waals surface area contributed by atoms with E-state index >= 15 is 0 Å². The van der Waals surface area contributed by atoms with E-state index in [0.29, 0.717) is 30.5 Å². The number of anilines is 1. The molecule has 1 saturated heterocycles. The number of amides is 1. The largest absolute Gasteiger partial charge is 0.447 e. The molecule has 1 aromatic carbocycles. The number of piperazine rings is 1. The smallest absolute Gasteiger partial charge is 0.273 e. The van der Waals surface area contributed by atoms with Gasteiger partial charge >= 0.3 is 0 Å². The first-order valence-electron chi connectivity index (χ1n) is 9.12. The van der Waals surface area contributed by atoms with Crippen LogP contribution >= 0.6 is 0 Å². The Hall–Kier alpha value is -3.20. The summed E-state index contributed by atoms with van der Waals surface area (Å²) in [7, 11) is 0. The number of carbonyl (C=O) groups is 1. The molecule has 2 aromatic heterocycles. The van der Waals surface area contributed by atoms with Crippen molar-refractivity contribution in [1.82, 2.24) is 25.2 Å². The van der Waals surface area contributed by atoms with E-state index < -0.39 is 0 Å². The Bertz CT molecular complexity index is 918. The number of carbonyl (C=O) groups excluding carboxylic acids is 1. The van der Waals surface area contributed by atoms with Crippen LogP contribution in [0, 0.1) is 5.82 Å². The van der Waals surface area contributed by atoms with Crippen molar-refractivity contribution >= 4 is 11.6 Å². The van der Waals surface area contributed by atoms with Gasteiger partial charge in [-0.25, -0.2) is 14.4 Å². The van der Waals surface area contributed by atoms with Gasteiger partial charge < -0.3 is 19.6 Å². The van der Waals surface area contributed by atoms with Gasteiger partial charge in [0, 0.05) is 38.6 Å². The quantitative estimate of drug-likeness (QED) is 0.673. The van der Waals surface area contributed by atoms with Crippen LogP contribution < -0.4 is 10.2 Å². The maximum Gasteiger partial charge on any atom is 0.273 e. The zero-order valence-corrected chi connectivity index (χ0v) is 15.3. The molecule has 3 heterocycles. The number of H-pyrrole nitrogens is 1. The van der Waals surface area contributed by atoms with Gasteiger partial charge in [0.05, 0.1) is 18.8 Å². The van der Waals surface area contributed by atoms with Gasteiger partial charge in [0.15, 0.2) is 5.69 Å². The van der Waals surface area contributed by atoms with Gasteiger partial charge in [-0.15, -0.1) is 0 Å². The van der Waals surface area contributed by atoms with Crippen LogP contribution in [0.15, 0.2) is 47.3 Å². The lowest BCUT2D eigenvalue weighted by Crippen LogP contribution is -2.46. The molecule has 28 heavy (non-hydrogen) atoms. The Labute approximate surface area is 161 Å². The highest BCUT2D eigenvalue weighted by Crippen LogP contribution is 2.20. The molecule has 0 bridgehead atoms. The standard InChI is InChI=1S/C19H21FN6O2/c20-14-3-1-2-4-16(14)26-9-7-25(8-10-26)12-18-24-15(13-28-18)19(27)23-11-17-21-5-6-22-17/h1-6,13H,7-12H2,(H,21,22)(H,23,27). The van der Waals surface area contributed by atoms with Crippen molar-refractivity contribution in [2.24, 2.45) is 0 Å². The minimum atomic E-state index is -0.309. The van der Waals surface area contributed by atoms with E-state index in [1.165, 1.54) is 12.3 Å². The van der Waals surface area contributed by atoms with Gasteiger partial charge in [-0.05, 0) is 12.1 Å². The third kappa shape index (κ3) is 4.20. The van der Waals surface area contributed by atoms with Crippen molar-refractivity contribution in [3.05, 3.63) is 66.1 Å². The molecule has 0 aliphatic carbocycles. The van der Waals surface area contributed by atoms with Crippen molar-refractivity contribution < 1.29 is 13.6 Å². The number of hydrogen-bond donors (Lipinski definition) is 2. The van der Waals surface area contributed by atoms with Crippen LogP contribution in [0.2, 0.25) is 0 Å². The minimum absolute atomic E-state index is 0.200. The Morgan fingerprint density at radius 2 is 2.07 bits per heavy atom. The van der Waals surface area contributed by atoms with Gasteiger partial charge in [0.1, 0.15) is 17.9 Å². The molecule has 3 aromatic rings. The van der Waals surface area contributed by atoms with E-state index in [0.717, 1.165) is 26.2 Å². The average molecular weight is 384 g/mol. The molecule has 0 saturated carbocycles. The van der Waals surface area contributed by atoms with Gasteiger partial charge in [-0.2, -0.15) is 0 Å². The second-order valence-electron chi connectivity index (χ2n) is 6.56. The highest BCUT2D eigenvalue weighted by atomic mass is 19.1. The molecule has 1 fully saturated rings. The van der Waals surface area contributed by atoms with Crippen molar-refractivity contribution in [3.63, 3.8) is 0 Å². The summed E-state index contributed by atoms with van der Waals surface area (Å²) in [6.07, 6.45) is 4.69. The SMILES string of the molecule is O=C(NCc1ncc[nH]1)c1coc(CN2CCN(c3ccccc3F)CC2)n1. The molecule has 2 N–H and O–H groups in total. The van der Waals surface area contributed by atoms with Crippen LogP contribution in [0.4, 0.5) is 10.1 Å². The van der Waals surface area contributed by atoms with Crippen LogP contribution in [-0.2, 0) is 13.1 Å². The lowest BCUT2D eigenvalue weighted by Gasteiger charge is -2.35. The monoisotopic (exact) mass is 384 g/mol. The Morgan fingerprint density at radius 1 is 1.25 bits per heavy atom. The lowest BCUT2D eigenvalue weighted by atomic mass is 10.2. The molecule has 0 atom stereocenters. The Kier molecular flexibility index (Phi) is 5.34. The number of imidazole rings is 1. The number of aromatic amines is 1. The van der Waals surface area contributed by atoms with Gasteiger partial charge in [-0.1, -0.05) is 12.1 Å². The van der Waals surface area contributed by atoms with Crippen LogP contribution in [0.5, 0.6) is 0 Å². The number of nitrogens with zero attached hydrogens (tertiary/aromatic N) is 4. The van der Waals surface area contributed by atoms with E-state index in [9.17, 15) is 9.18 Å². The highest BCUT2D eigenvalue weighted by molar-refractivity contribution is 5.91. The molecule has 0 radical (unpaired) electrons. The summed E-state index contributed by atoms with van der Waals surface area (Å²) in [4.78, 5) is 27.6. The summed E-state index contributed by atoms with van der Waals surface area (Å²) in [5.74, 6) is 0.650. The molecular weight excluding hydrogens is 363 g/mol. The molecule has 1 aliphatic rings. The fraction of sp³-hybridized carbons (Fsp3) is 0.316. The summed E-state index contributed by atoms with van der Waals surface area (Å²) in [6.45, 7) is 3.77. The number of para-hydroxylation sites is 1. The maximum absolute atomic E-state index is 13.9. The Morgan fingerprint density at radius 3 is 2.82 bits per heavy atom. The fourth-order valence-electron chi connectivity index (χ4n) is 3.18. The predicted octanol–water partition coefficient (Wildman–Crippen LogP) is 1.79. The van der Waals surface area contributed by atoms with Crippen LogP contribution in [0.3, 0.4) is 0 Å². The highest BCUT2D eigenvalue weighted by Gasteiger charge is 2.21. The Balaban J connectivity index is 1.28. The summed E-state index contributed by atoms with van der Waals surface area (Å²) >= 11 is 0. The van der Waals surface area contributed by atoms with Crippen molar-refractivity contribution in [1.29, 1.82) is 0 Å². The van der Waals surface area contributed by atoms with Crippen LogP contribution in [-0.4, -0.2) is 51.9 Å². The second-order valence-corrected chi connectivity index (χ2v) is 6.56. The first-order chi connectivity index (χ1) is 13.7. The first-order valence-corrected chi connectivity index (χ1v) is 9.12. The van der Waals surface area contributed by atoms with E-state index in [1.54, 1.807) is 24.5 Å². The lowest BCUT2D eigenvalue weighted by molar-refractivity contribution is 0.0945. The average Bonchev–Trinajstić information content (AvgIpc) is 3.39. The zero-order valence-electron chi connectivity index (χ0n) is 15.3. The van der Waals surface area contributed by atoms with Crippen molar-refractivity contribution in [2.45, 2.75) is 13.1 Å². The number of benzene rings is 1. The van der Waals surface area contributed by atoms with Crippen LogP contribution in [0.25, 0.3) is 0 Å². The number of halogens is 1. The number of rotatable bonds is 6. The zero-order chi connectivity index (χ0) is 19.3. The molecule has 0 unspecified atom stereocenters. The number of oxazole rings is 1. The minimum Gasteiger partial charge on any atom is -0.447 e. The summed E-state index contributed by atoms with van der Waals surface area (Å²) in [6, 6.07) is 6.82. The normalized spacial score (nSPS) is 15.0. The van der Waals surface area contributed by atoms with Gasteiger partial charge in [0.25, 0.3) is 5.91 Å². The van der Waals surface area contributed by atoms with Crippen molar-refractivity contribution in [2.75, 3.05) is 31.1 Å². The third-order valence-electron chi connectivity index (χ3n) is 4.68. The summed E-state index contributed by atoms with van der Waals surface area (Å²) in [5.41, 5.74) is 0.875. The molecule has 0 spiro atoms. The van der Waals surface area contributed by atoms with Crippen molar-refractivity contribution in [3.8, 4) is 0 Å². The molecule has 146 valence electrons. The van der Waals surface area contributed by atoms with E-state index in [4.69, 9.17) is 4.42 Å². The van der Waals surface area contributed by atoms with E-state index in [1.807, 2.05) is 11.0 Å². The summed E-state index contributed by atoms with van der Waals surface area (Å²) < 4.78 is 19.4. The number of hydrogen-bond acceptors (Lipinski definition) is 6. The number of nitrogens with one attached hydrogen (secondary N) is 2. The molecular formula is C19H21FN6O2. The van der Waals surface area contributed by atoms with E-state index in [2.05, 4.69) is 25.2 Å². The van der Waals surface area contributed by atoms with Crippen LogP contribution in [0.1, 0.15) is 22.2 Å². The first kappa shape index (κ1) is 18.2. The molecule has 1 amide bonds. The molecule has 1 aliphatic heterocycles. The van der Waals surface area contributed by atoms with Gasteiger partial charge in [0.2, 0.25) is 5.89 Å². The molecule has 4 rings (SSSR count). The summed E-state index contributed by atoms with van der Waals surface area (Å²) in [5, 5.41) is 2.74. The maximum atomic E-state index is 13.9. The van der Waals surface area contributed by atoms with E-state index in [-0.39, 0.29) is 17.4 Å². The molecule has 9 heteroatoms. The molecule has 8 nitrogen and oxygen atoms in total.